The van der Waals surface area contributed by atoms with Crippen LogP contribution >= 0.6 is 0 Å². The average Bonchev–Trinajstić information content (AvgIpc) is 3.74. The predicted molar refractivity (Wildman–Crippen MR) is 143 cm³/mol. The first-order valence-electron chi connectivity index (χ1n) is 13.1. The van der Waals surface area contributed by atoms with Gasteiger partial charge in [-0.25, -0.2) is 13.4 Å². The molecule has 198 valence electrons. The minimum Gasteiger partial charge on any atom is -0.395 e. The van der Waals surface area contributed by atoms with Crippen LogP contribution in [-0.2, 0) is 10.0 Å². The van der Waals surface area contributed by atoms with Crippen molar-refractivity contribution in [1.29, 1.82) is 0 Å². The molecule has 2 aromatic rings. The molecule has 0 radical (unpaired) electrons. The molecule has 2 saturated carbocycles. The number of anilines is 4. The van der Waals surface area contributed by atoms with E-state index in [2.05, 4.69) is 29.8 Å². The predicted octanol–water partition coefficient (Wildman–Crippen LogP) is 2.75. The summed E-state index contributed by atoms with van der Waals surface area (Å²) in [5.74, 6) is 0.424. The van der Waals surface area contributed by atoms with Crippen LogP contribution in [0.25, 0.3) is 0 Å². The van der Waals surface area contributed by atoms with Crippen molar-refractivity contribution >= 4 is 39.1 Å². The SMILES string of the molecule is Cc1cc(NC(=O)c2ccc(NS(=O)(=O)CCO)cc2N2CCC3(CC2)CC3)nc(N2CC3(CC3)C2)n1. The van der Waals surface area contributed by atoms with Crippen molar-refractivity contribution < 1.29 is 18.3 Å². The summed E-state index contributed by atoms with van der Waals surface area (Å²) in [5, 5.41) is 12.0. The van der Waals surface area contributed by atoms with E-state index in [1.165, 1.54) is 25.7 Å². The van der Waals surface area contributed by atoms with Crippen LogP contribution < -0.4 is 19.8 Å². The van der Waals surface area contributed by atoms with E-state index in [4.69, 9.17) is 5.11 Å². The van der Waals surface area contributed by atoms with Gasteiger partial charge in [0.15, 0.2) is 0 Å². The molecule has 10 nitrogen and oxygen atoms in total. The number of carbonyl (C=O) groups excluding carboxylic acids is 1. The highest BCUT2D eigenvalue weighted by Gasteiger charge is 2.53. The smallest absolute Gasteiger partial charge is 0.258 e. The van der Waals surface area contributed by atoms with Crippen molar-refractivity contribution in [2.75, 3.05) is 58.4 Å². The van der Waals surface area contributed by atoms with Gasteiger partial charge < -0.3 is 20.2 Å². The first-order valence-corrected chi connectivity index (χ1v) is 14.7. The maximum atomic E-state index is 13.5. The fraction of sp³-hybridized carbons (Fsp3) is 0.577. The van der Waals surface area contributed by atoms with Crippen molar-refractivity contribution in [2.45, 2.75) is 45.4 Å². The molecule has 2 aliphatic heterocycles. The molecule has 1 amide bonds. The summed E-state index contributed by atoms with van der Waals surface area (Å²) in [6.45, 7) is 5.01. The Balaban J connectivity index is 1.25. The van der Waals surface area contributed by atoms with Crippen LogP contribution in [0.15, 0.2) is 24.3 Å². The molecule has 0 bridgehead atoms. The molecule has 2 aliphatic carbocycles. The number of sulfonamides is 1. The van der Waals surface area contributed by atoms with Gasteiger partial charge in [-0.05, 0) is 69.1 Å². The number of aliphatic hydroxyl groups excluding tert-OH is 1. The number of aliphatic hydroxyl groups is 1. The number of hydrogen-bond donors (Lipinski definition) is 3. The first kappa shape index (κ1) is 24.4. The number of nitrogens with zero attached hydrogens (tertiary/aromatic N) is 4. The second kappa shape index (κ2) is 8.83. The zero-order chi connectivity index (χ0) is 25.8. The lowest BCUT2D eigenvalue weighted by Crippen LogP contribution is -2.49. The molecule has 1 aromatic heterocycles. The molecule has 37 heavy (non-hydrogen) atoms. The molecule has 11 heteroatoms. The average molecular weight is 527 g/mol. The van der Waals surface area contributed by atoms with Crippen LogP contribution in [0.5, 0.6) is 0 Å². The Kier molecular flexibility index (Phi) is 5.83. The van der Waals surface area contributed by atoms with E-state index >= 15 is 0 Å². The van der Waals surface area contributed by atoms with Gasteiger partial charge in [0.05, 0.1) is 29.3 Å². The van der Waals surface area contributed by atoms with Gasteiger partial charge in [-0.2, -0.15) is 4.98 Å². The maximum absolute atomic E-state index is 13.5. The lowest BCUT2D eigenvalue weighted by molar-refractivity contribution is 0.102. The summed E-state index contributed by atoms with van der Waals surface area (Å²) < 4.78 is 27.0. The quantitative estimate of drug-likeness (QED) is 0.479. The number of aromatic nitrogens is 2. The standard InChI is InChI=1S/C26H34N6O4S/c1-18-14-22(29-24(27-18)32-16-26(17-32)6-7-26)28-23(34)20-3-2-19(30-37(35,36)13-12-33)15-21(20)31-10-8-25(4-5-25)9-11-31/h2-3,14-15,30,33H,4-13,16-17H2,1H3,(H,27,28,29,34). The number of piperidine rings is 1. The Morgan fingerprint density at radius 2 is 1.70 bits per heavy atom. The minimum absolute atomic E-state index is 0.294. The van der Waals surface area contributed by atoms with E-state index in [0.717, 1.165) is 44.7 Å². The minimum atomic E-state index is -3.68. The number of aryl methyl sites for hydroxylation is 1. The van der Waals surface area contributed by atoms with Crippen molar-refractivity contribution in [3.63, 3.8) is 0 Å². The van der Waals surface area contributed by atoms with Gasteiger partial charge in [0.25, 0.3) is 5.91 Å². The molecule has 3 N–H and O–H groups in total. The normalized spacial score (nSPS) is 21.0. The third-order valence-electron chi connectivity index (χ3n) is 8.37. The Morgan fingerprint density at radius 1 is 1.00 bits per heavy atom. The summed E-state index contributed by atoms with van der Waals surface area (Å²) in [6.07, 6.45) is 7.21. The third-order valence-corrected chi connectivity index (χ3v) is 9.64. The molecular weight excluding hydrogens is 492 g/mol. The van der Waals surface area contributed by atoms with Crippen LogP contribution in [-0.4, -0.2) is 67.9 Å². The molecule has 0 atom stereocenters. The highest BCUT2D eigenvalue weighted by Crippen LogP contribution is 2.54. The van der Waals surface area contributed by atoms with Gasteiger partial charge in [0, 0.05) is 43.4 Å². The lowest BCUT2D eigenvalue weighted by atomic mass is 9.93. The van der Waals surface area contributed by atoms with Gasteiger partial charge in [-0.3, -0.25) is 9.52 Å². The third kappa shape index (κ3) is 5.11. The van der Waals surface area contributed by atoms with Crippen molar-refractivity contribution in [2.24, 2.45) is 10.8 Å². The van der Waals surface area contributed by atoms with Crippen molar-refractivity contribution in [1.82, 2.24) is 9.97 Å². The summed E-state index contributed by atoms with van der Waals surface area (Å²) in [7, 11) is -3.68. The fourth-order valence-electron chi connectivity index (χ4n) is 5.64. The first-order chi connectivity index (χ1) is 17.7. The topological polar surface area (TPSA) is 128 Å². The van der Waals surface area contributed by atoms with Crippen LogP contribution in [0.1, 0.15) is 54.6 Å². The molecule has 1 aromatic carbocycles. The molecule has 2 spiro atoms. The van der Waals surface area contributed by atoms with Crippen LogP contribution in [0.3, 0.4) is 0 Å². The van der Waals surface area contributed by atoms with Gasteiger partial charge in [-0.1, -0.05) is 0 Å². The van der Waals surface area contributed by atoms with Crippen LogP contribution in [0.2, 0.25) is 0 Å². The largest absolute Gasteiger partial charge is 0.395 e. The molecule has 2 saturated heterocycles. The van der Waals surface area contributed by atoms with Gasteiger partial charge in [-0.15, -0.1) is 0 Å². The van der Waals surface area contributed by atoms with Crippen LogP contribution in [0, 0.1) is 17.8 Å². The zero-order valence-electron chi connectivity index (χ0n) is 21.2. The van der Waals surface area contributed by atoms with Gasteiger partial charge >= 0.3 is 0 Å². The maximum Gasteiger partial charge on any atom is 0.258 e. The molecule has 3 heterocycles. The molecule has 0 unspecified atom stereocenters. The Bertz CT molecular complexity index is 1320. The van der Waals surface area contributed by atoms with Crippen molar-refractivity contribution in [3.8, 4) is 0 Å². The molecule has 4 fully saturated rings. The van der Waals surface area contributed by atoms with Gasteiger partial charge in [0.1, 0.15) is 5.82 Å². The number of hydrogen-bond acceptors (Lipinski definition) is 8. The van der Waals surface area contributed by atoms with Gasteiger partial charge in [0.2, 0.25) is 16.0 Å². The summed E-state index contributed by atoms with van der Waals surface area (Å²) >= 11 is 0. The van der Waals surface area contributed by atoms with E-state index in [0.29, 0.717) is 39.5 Å². The molecular formula is C26H34N6O4S. The van der Waals surface area contributed by atoms with Crippen LogP contribution in [0.4, 0.5) is 23.1 Å². The summed E-state index contributed by atoms with van der Waals surface area (Å²) in [5.41, 5.74) is 3.26. The number of rotatable bonds is 8. The Labute approximate surface area is 217 Å². The lowest BCUT2D eigenvalue weighted by Gasteiger charge is -2.40. The second-order valence-electron chi connectivity index (χ2n) is 11.4. The van der Waals surface area contributed by atoms with E-state index in [1.54, 1.807) is 24.3 Å². The fourth-order valence-corrected chi connectivity index (χ4v) is 6.47. The molecule has 6 rings (SSSR count). The zero-order valence-corrected chi connectivity index (χ0v) is 22.0. The monoisotopic (exact) mass is 526 g/mol. The van der Waals surface area contributed by atoms with Crippen molar-refractivity contribution in [3.05, 3.63) is 35.5 Å². The number of nitrogens with one attached hydrogen (secondary N) is 2. The highest BCUT2D eigenvalue weighted by atomic mass is 32.2. The van der Waals surface area contributed by atoms with E-state index < -0.39 is 16.6 Å². The number of amides is 1. The second-order valence-corrected chi connectivity index (χ2v) is 13.2. The summed E-state index contributed by atoms with van der Waals surface area (Å²) in [4.78, 5) is 27.1. The van der Waals surface area contributed by atoms with E-state index in [-0.39, 0.29) is 11.7 Å². The number of benzene rings is 1. The highest BCUT2D eigenvalue weighted by molar-refractivity contribution is 7.92. The van der Waals surface area contributed by atoms with E-state index in [1.807, 2.05) is 6.92 Å². The number of carbonyl (C=O) groups is 1. The Morgan fingerprint density at radius 3 is 2.35 bits per heavy atom. The Hall–Kier alpha value is -2.92. The molecule has 4 aliphatic rings. The summed E-state index contributed by atoms with van der Waals surface area (Å²) in [6, 6.07) is 6.74. The van der Waals surface area contributed by atoms with E-state index in [9.17, 15) is 13.2 Å².